The molecule has 6 nitrogen and oxygen atoms in total. The second-order valence-electron chi connectivity index (χ2n) is 9.87. The van der Waals surface area contributed by atoms with E-state index in [1.807, 2.05) is 27.0 Å². The van der Waals surface area contributed by atoms with Crippen molar-refractivity contribution in [3.63, 3.8) is 0 Å². The number of aromatic amines is 1. The van der Waals surface area contributed by atoms with Gasteiger partial charge in [0.25, 0.3) is 0 Å². The maximum atomic E-state index is 16.6. The molecule has 4 aromatic rings. The molecular weight excluding hydrogens is 424 g/mol. The van der Waals surface area contributed by atoms with Crippen molar-refractivity contribution in [3.8, 4) is 22.6 Å². The van der Waals surface area contributed by atoms with Crippen molar-refractivity contribution in [2.45, 2.75) is 51.5 Å². The molecule has 0 unspecified atom stereocenters. The lowest BCUT2D eigenvalue weighted by atomic mass is 9.91. The number of anilines is 1. The van der Waals surface area contributed by atoms with Crippen LogP contribution in [0.5, 0.6) is 5.75 Å². The molecule has 2 aliphatic heterocycles. The highest BCUT2D eigenvalue weighted by atomic mass is 19.1. The Morgan fingerprint density at radius 2 is 2.00 bits per heavy atom. The molecule has 1 fully saturated rings. The van der Waals surface area contributed by atoms with Crippen LogP contribution in [-0.2, 0) is 12.0 Å². The number of halogens is 2. The number of nitrogens with zero attached hydrogens (tertiary/aromatic N) is 3. The minimum Gasteiger partial charge on any atom is -0.492 e. The van der Waals surface area contributed by atoms with Crippen molar-refractivity contribution >= 4 is 16.6 Å². The number of hydrogen-bond acceptors (Lipinski definition) is 4. The first-order chi connectivity index (χ1) is 15.8. The third-order valence-electron chi connectivity index (χ3n) is 7.18. The van der Waals surface area contributed by atoms with Crippen molar-refractivity contribution in [3.05, 3.63) is 52.7 Å². The molecule has 7 rings (SSSR count). The fourth-order valence-corrected chi connectivity index (χ4v) is 5.52. The van der Waals surface area contributed by atoms with E-state index < -0.39 is 11.4 Å². The van der Waals surface area contributed by atoms with E-state index in [4.69, 9.17) is 4.74 Å². The standard InChI is InChI=1S/C25H23F2N5O/c1-11-30-31-24-25(2,3)29-21-14-6-7-33-23(14)18(19(27)22(21)32(11)24)16-9-13(26)8-15-17(12-4-5-12)10-28-20(15)16/h8-10,12,28-29H,4-7H2,1-3H3. The first kappa shape index (κ1) is 19.1. The van der Waals surface area contributed by atoms with E-state index in [9.17, 15) is 4.39 Å². The minimum atomic E-state index is -0.538. The molecule has 0 amide bonds. The van der Waals surface area contributed by atoms with Crippen LogP contribution in [0.3, 0.4) is 0 Å². The van der Waals surface area contributed by atoms with Gasteiger partial charge in [-0.3, -0.25) is 4.57 Å². The van der Waals surface area contributed by atoms with Crippen LogP contribution in [0.2, 0.25) is 0 Å². The molecular formula is C25H23F2N5O. The zero-order valence-electron chi connectivity index (χ0n) is 18.6. The Balaban J connectivity index is 1.58. The second kappa shape index (κ2) is 6.12. The Morgan fingerprint density at radius 1 is 1.18 bits per heavy atom. The number of nitrogens with one attached hydrogen (secondary N) is 2. The van der Waals surface area contributed by atoms with Gasteiger partial charge >= 0.3 is 0 Å². The van der Waals surface area contributed by atoms with E-state index in [0.717, 1.165) is 34.9 Å². The van der Waals surface area contributed by atoms with Crippen LogP contribution < -0.4 is 10.1 Å². The van der Waals surface area contributed by atoms with Crippen LogP contribution in [0.4, 0.5) is 14.5 Å². The summed E-state index contributed by atoms with van der Waals surface area (Å²) in [5.41, 5.74) is 4.03. The van der Waals surface area contributed by atoms with Gasteiger partial charge < -0.3 is 15.0 Å². The number of rotatable bonds is 2. The molecule has 0 atom stereocenters. The SMILES string of the molecule is Cc1nnc2n1-c1c(F)c(-c3cc(F)cc4c(C5CC5)c[nH]c34)c3c(c1NC2(C)C)CCO3. The van der Waals surface area contributed by atoms with E-state index in [-0.39, 0.29) is 11.4 Å². The molecule has 0 spiro atoms. The van der Waals surface area contributed by atoms with E-state index in [1.54, 1.807) is 10.6 Å². The highest BCUT2D eigenvalue weighted by Crippen LogP contribution is 2.52. The van der Waals surface area contributed by atoms with E-state index in [2.05, 4.69) is 20.5 Å². The van der Waals surface area contributed by atoms with Crippen LogP contribution >= 0.6 is 0 Å². The zero-order valence-corrected chi connectivity index (χ0v) is 18.6. The van der Waals surface area contributed by atoms with Crippen molar-refractivity contribution in [1.29, 1.82) is 0 Å². The topological polar surface area (TPSA) is 67.8 Å². The van der Waals surface area contributed by atoms with Gasteiger partial charge in [-0.05, 0) is 57.2 Å². The molecule has 1 saturated carbocycles. The van der Waals surface area contributed by atoms with Crippen LogP contribution in [0.15, 0.2) is 18.3 Å². The van der Waals surface area contributed by atoms with Crippen LogP contribution in [0.25, 0.3) is 27.7 Å². The fraction of sp³-hybridized carbons (Fsp3) is 0.360. The largest absolute Gasteiger partial charge is 0.492 e. The lowest BCUT2D eigenvalue weighted by Crippen LogP contribution is -2.37. The molecule has 0 bridgehead atoms. The van der Waals surface area contributed by atoms with Gasteiger partial charge in [0.15, 0.2) is 11.6 Å². The summed E-state index contributed by atoms with van der Waals surface area (Å²) in [5.74, 6) is 1.31. The molecule has 2 aromatic carbocycles. The first-order valence-corrected chi connectivity index (χ1v) is 11.4. The lowest BCUT2D eigenvalue weighted by molar-refractivity contribution is 0.356. The Hall–Kier alpha value is -3.42. The number of fused-ring (bicyclic) bond motifs is 6. The van der Waals surface area contributed by atoms with E-state index in [1.165, 1.54) is 6.07 Å². The molecule has 2 aromatic heterocycles. The number of hydrogen-bond donors (Lipinski definition) is 2. The number of benzene rings is 2. The van der Waals surface area contributed by atoms with Crippen LogP contribution in [-0.4, -0.2) is 26.4 Å². The van der Waals surface area contributed by atoms with Crippen molar-refractivity contribution in [1.82, 2.24) is 19.7 Å². The quantitative estimate of drug-likeness (QED) is 0.427. The van der Waals surface area contributed by atoms with Crippen molar-refractivity contribution in [2.75, 3.05) is 11.9 Å². The molecule has 8 heteroatoms. The first-order valence-electron chi connectivity index (χ1n) is 11.4. The van der Waals surface area contributed by atoms with Gasteiger partial charge in [0, 0.05) is 29.1 Å². The lowest BCUT2D eigenvalue weighted by Gasteiger charge is -2.35. The molecule has 1 aliphatic carbocycles. The average molecular weight is 447 g/mol. The van der Waals surface area contributed by atoms with Crippen molar-refractivity contribution in [2.24, 2.45) is 0 Å². The smallest absolute Gasteiger partial charge is 0.162 e. The number of aryl methyl sites for hydroxylation is 1. The Morgan fingerprint density at radius 3 is 2.79 bits per heavy atom. The fourth-order valence-electron chi connectivity index (χ4n) is 5.52. The maximum Gasteiger partial charge on any atom is 0.162 e. The van der Waals surface area contributed by atoms with Gasteiger partial charge in [-0.1, -0.05) is 0 Å². The summed E-state index contributed by atoms with van der Waals surface area (Å²) in [7, 11) is 0. The van der Waals surface area contributed by atoms with Gasteiger partial charge in [-0.15, -0.1) is 10.2 Å². The van der Waals surface area contributed by atoms with Crippen LogP contribution in [0.1, 0.15) is 55.4 Å². The Bertz CT molecular complexity index is 1490. The predicted molar refractivity (Wildman–Crippen MR) is 121 cm³/mol. The Kier molecular flexibility index (Phi) is 3.54. The molecule has 0 saturated heterocycles. The van der Waals surface area contributed by atoms with E-state index >= 15 is 4.39 Å². The molecule has 33 heavy (non-hydrogen) atoms. The second-order valence-corrected chi connectivity index (χ2v) is 9.87. The van der Waals surface area contributed by atoms with Gasteiger partial charge in [-0.2, -0.15) is 0 Å². The zero-order chi connectivity index (χ0) is 22.6. The monoisotopic (exact) mass is 447 g/mol. The summed E-state index contributed by atoms with van der Waals surface area (Å²) < 4.78 is 39.3. The number of H-pyrrole nitrogens is 1. The molecule has 3 aliphatic rings. The number of ether oxygens (including phenoxy) is 1. The third-order valence-corrected chi connectivity index (χ3v) is 7.18. The maximum absolute atomic E-state index is 16.6. The average Bonchev–Trinajstić information content (AvgIpc) is 3.15. The Labute approximate surface area is 189 Å². The highest BCUT2D eigenvalue weighted by molar-refractivity contribution is 6.00. The summed E-state index contributed by atoms with van der Waals surface area (Å²) in [6.07, 6.45) is 4.78. The third kappa shape index (κ3) is 2.46. The molecule has 4 heterocycles. The minimum absolute atomic E-state index is 0.288. The summed E-state index contributed by atoms with van der Waals surface area (Å²) in [4.78, 5) is 3.30. The van der Waals surface area contributed by atoms with Gasteiger partial charge in [0.1, 0.15) is 23.1 Å². The van der Waals surface area contributed by atoms with Gasteiger partial charge in [0.05, 0.1) is 28.9 Å². The molecule has 0 radical (unpaired) electrons. The van der Waals surface area contributed by atoms with Crippen molar-refractivity contribution < 1.29 is 13.5 Å². The van der Waals surface area contributed by atoms with Gasteiger partial charge in [0.2, 0.25) is 0 Å². The number of aromatic nitrogens is 4. The normalized spacial score (nSPS) is 18.0. The summed E-state index contributed by atoms with van der Waals surface area (Å²) >= 11 is 0. The van der Waals surface area contributed by atoms with Crippen LogP contribution in [0, 0.1) is 18.6 Å². The van der Waals surface area contributed by atoms with Gasteiger partial charge in [-0.25, -0.2) is 8.78 Å². The summed E-state index contributed by atoms with van der Waals surface area (Å²) in [6, 6.07) is 2.95. The predicted octanol–water partition coefficient (Wildman–Crippen LogP) is 5.48. The molecule has 168 valence electrons. The summed E-state index contributed by atoms with van der Waals surface area (Å²) in [6.45, 7) is 6.26. The van der Waals surface area contributed by atoms with E-state index in [0.29, 0.717) is 53.3 Å². The molecule has 2 N–H and O–H groups in total. The summed E-state index contributed by atoms with van der Waals surface area (Å²) in [5, 5.41) is 12.9. The highest BCUT2D eigenvalue weighted by Gasteiger charge is 2.41.